The predicted molar refractivity (Wildman–Crippen MR) is 123 cm³/mol. The molecule has 170 valence electrons. The molecule has 1 aromatic carbocycles. The Labute approximate surface area is 192 Å². The zero-order chi connectivity index (χ0) is 22.6. The molecule has 1 N–H and O–H groups in total. The molecule has 0 saturated carbocycles. The number of aromatic nitrogens is 2. The molecule has 33 heavy (non-hydrogen) atoms. The molecule has 1 saturated heterocycles. The van der Waals surface area contributed by atoms with Crippen LogP contribution in [-0.2, 0) is 4.79 Å². The van der Waals surface area contributed by atoms with Crippen molar-refractivity contribution in [3.63, 3.8) is 0 Å². The fraction of sp³-hybridized carbons (Fsp3) is 0.320. The summed E-state index contributed by atoms with van der Waals surface area (Å²) in [6.07, 6.45) is 3.61. The zero-order valence-electron chi connectivity index (χ0n) is 18.5. The van der Waals surface area contributed by atoms with Gasteiger partial charge in [-0.2, -0.15) is 0 Å². The quantitative estimate of drug-likeness (QED) is 0.612. The molecule has 0 bridgehead atoms. The van der Waals surface area contributed by atoms with Crippen molar-refractivity contribution in [2.24, 2.45) is 0 Å². The van der Waals surface area contributed by atoms with E-state index in [-0.39, 0.29) is 18.6 Å². The van der Waals surface area contributed by atoms with Gasteiger partial charge in [0.05, 0.1) is 23.6 Å². The van der Waals surface area contributed by atoms with Crippen molar-refractivity contribution in [3.8, 4) is 17.2 Å². The number of carbonyl (C=O) groups excluding carboxylic acids is 1. The highest BCUT2D eigenvalue weighted by atomic mass is 16.6. The maximum Gasteiger partial charge on any atom is 0.261 e. The number of amides is 1. The number of pyridine rings is 2. The van der Waals surface area contributed by atoms with Crippen LogP contribution in [0.25, 0.3) is 0 Å². The minimum Gasteiger partial charge on any atom is -0.486 e. The highest BCUT2D eigenvalue weighted by Gasteiger charge is 2.31. The van der Waals surface area contributed by atoms with Crippen LogP contribution in [0.4, 0.5) is 11.5 Å². The van der Waals surface area contributed by atoms with E-state index in [0.717, 1.165) is 35.7 Å². The summed E-state index contributed by atoms with van der Waals surface area (Å²) in [5.74, 6) is 2.64. The van der Waals surface area contributed by atoms with Gasteiger partial charge >= 0.3 is 0 Å². The molecule has 5 rings (SSSR count). The summed E-state index contributed by atoms with van der Waals surface area (Å²) in [6.45, 7) is 3.66. The van der Waals surface area contributed by atoms with E-state index in [2.05, 4.69) is 15.3 Å². The Morgan fingerprint density at radius 2 is 2.03 bits per heavy atom. The lowest BCUT2D eigenvalue weighted by Gasteiger charge is -2.25. The number of ether oxygens (including phenoxy) is 3. The lowest BCUT2D eigenvalue weighted by atomic mass is 10.1. The molecule has 8 heteroatoms. The van der Waals surface area contributed by atoms with Crippen LogP contribution in [0.5, 0.6) is 17.2 Å². The lowest BCUT2D eigenvalue weighted by Crippen LogP contribution is -2.34. The van der Waals surface area contributed by atoms with E-state index < -0.39 is 0 Å². The summed E-state index contributed by atoms with van der Waals surface area (Å²) in [6, 6.07) is 15.1. The van der Waals surface area contributed by atoms with Gasteiger partial charge in [-0.05, 0) is 56.2 Å². The van der Waals surface area contributed by atoms with Gasteiger partial charge in [0.25, 0.3) is 5.91 Å². The summed E-state index contributed by atoms with van der Waals surface area (Å²) < 4.78 is 16.9. The first kappa shape index (κ1) is 21.1. The summed E-state index contributed by atoms with van der Waals surface area (Å²) in [5, 5.41) is 3.26. The SMILES string of the molecule is Cc1cccc(Nc2ccc([C@@H]3CCCN3C(=O)COc3ccc4c(c3)OCCO4)nc2)n1. The fourth-order valence-electron chi connectivity index (χ4n) is 4.15. The van der Waals surface area contributed by atoms with Gasteiger partial charge < -0.3 is 24.4 Å². The Hall–Kier alpha value is -3.81. The van der Waals surface area contributed by atoms with Crippen LogP contribution >= 0.6 is 0 Å². The summed E-state index contributed by atoms with van der Waals surface area (Å²) >= 11 is 0. The van der Waals surface area contributed by atoms with E-state index in [0.29, 0.717) is 37.0 Å². The van der Waals surface area contributed by atoms with Crippen molar-refractivity contribution < 1.29 is 19.0 Å². The number of hydrogen-bond donors (Lipinski definition) is 1. The third-order valence-electron chi connectivity index (χ3n) is 5.74. The first-order valence-electron chi connectivity index (χ1n) is 11.1. The Bertz CT molecular complexity index is 1140. The minimum atomic E-state index is -0.0552. The van der Waals surface area contributed by atoms with Crippen LogP contribution in [0.15, 0.2) is 54.7 Å². The van der Waals surface area contributed by atoms with Crippen molar-refractivity contribution in [2.75, 3.05) is 31.7 Å². The summed E-state index contributed by atoms with van der Waals surface area (Å²) in [5.41, 5.74) is 2.68. The number of carbonyl (C=O) groups is 1. The molecule has 0 spiro atoms. The van der Waals surface area contributed by atoms with Crippen molar-refractivity contribution in [1.82, 2.24) is 14.9 Å². The molecule has 4 heterocycles. The molecule has 2 aliphatic heterocycles. The first-order valence-corrected chi connectivity index (χ1v) is 11.1. The summed E-state index contributed by atoms with van der Waals surface area (Å²) in [4.78, 5) is 23.9. The fourth-order valence-corrected chi connectivity index (χ4v) is 4.15. The molecular formula is C25H26N4O4. The molecule has 0 unspecified atom stereocenters. The number of rotatable bonds is 6. The molecule has 8 nitrogen and oxygen atoms in total. The second kappa shape index (κ2) is 9.36. The lowest BCUT2D eigenvalue weighted by molar-refractivity contribution is -0.134. The third kappa shape index (κ3) is 4.84. The van der Waals surface area contributed by atoms with E-state index in [1.165, 1.54) is 0 Å². The van der Waals surface area contributed by atoms with E-state index in [1.54, 1.807) is 24.4 Å². The van der Waals surface area contributed by atoms with Crippen LogP contribution in [0.1, 0.15) is 30.3 Å². The Balaban J connectivity index is 1.21. The average molecular weight is 447 g/mol. The molecular weight excluding hydrogens is 420 g/mol. The molecule has 0 aliphatic carbocycles. The largest absolute Gasteiger partial charge is 0.486 e. The zero-order valence-corrected chi connectivity index (χ0v) is 18.5. The smallest absolute Gasteiger partial charge is 0.261 e. The number of hydrogen-bond acceptors (Lipinski definition) is 7. The molecule has 0 radical (unpaired) electrons. The van der Waals surface area contributed by atoms with Crippen molar-refractivity contribution in [1.29, 1.82) is 0 Å². The van der Waals surface area contributed by atoms with Crippen molar-refractivity contribution in [2.45, 2.75) is 25.8 Å². The van der Waals surface area contributed by atoms with E-state index >= 15 is 0 Å². The standard InChI is InChI=1S/C25H26N4O4/c1-17-4-2-6-24(27-17)28-18-7-9-20(26-15-18)21-5-3-11-29(21)25(30)16-33-19-8-10-22-23(14-19)32-13-12-31-22/h2,4,6-10,14-15,21H,3,5,11-13,16H2,1H3,(H,27,28)/t21-/m0/s1. The second-order valence-corrected chi connectivity index (χ2v) is 8.10. The van der Waals surface area contributed by atoms with Gasteiger partial charge in [0.1, 0.15) is 24.8 Å². The molecule has 3 aromatic rings. The number of nitrogens with zero attached hydrogens (tertiary/aromatic N) is 3. The van der Waals surface area contributed by atoms with Gasteiger partial charge in [0.2, 0.25) is 0 Å². The van der Waals surface area contributed by atoms with Crippen LogP contribution in [-0.4, -0.2) is 47.1 Å². The van der Waals surface area contributed by atoms with Crippen molar-refractivity contribution in [3.05, 3.63) is 66.1 Å². The van der Waals surface area contributed by atoms with E-state index in [1.807, 2.05) is 42.2 Å². The minimum absolute atomic E-state index is 0.0329. The molecule has 2 aliphatic rings. The van der Waals surface area contributed by atoms with Crippen molar-refractivity contribution >= 4 is 17.4 Å². The maximum absolute atomic E-state index is 12.9. The number of benzene rings is 1. The third-order valence-corrected chi connectivity index (χ3v) is 5.74. The van der Waals surface area contributed by atoms with Gasteiger partial charge in [-0.3, -0.25) is 9.78 Å². The van der Waals surface area contributed by atoms with E-state index in [9.17, 15) is 4.79 Å². The maximum atomic E-state index is 12.9. The normalized spacial score (nSPS) is 17.0. The average Bonchev–Trinajstić information content (AvgIpc) is 3.33. The number of nitrogens with one attached hydrogen (secondary N) is 1. The number of aryl methyl sites for hydroxylation is 1. The topological polar surface area (TPSA) is 85.8 Å². The van der Waals surface area contributed by atoms with Gasteiger partial charge in [0.15, 0.2) is 18.1 Å². The first-order chi connectivity index (χ1) is 16.2. The van der Waals surface area contributed by atoms with Crippen LogP contribution in [0.2, 0.25) is 0 Å². The van der Waals surface area contributed by atoms with Crippen LogP contribution < -0.4 is 19.5 Å². The Morgan fingerprint density at radius 3 is 2.85 bits per heavy atom. The highest BCUT2D eigenvalue weighted by Crippen LogP contribution is 2.34. The van der Waals surface area contributed by atoms with Crippen LogP contribution in [0, 0.1) is 6.92 Å². The molecule has 2 aromatic heterocycles. The monoisotopic (exact) mass is 446 g/mol. The van der Waals surface area contributed by atoms with Crippen LogP contribution in [0.3, 0.4) is 0 Å². The molecule has 1 fully saturated rings. The Kier molecular flexibility index (Phi) is 5.97. The van der Waals surface area contributed by atoms with Gasteiger partial charge in [-0.1, -0.05) is 6.07 Å². The number of likely N-dealkylation sites (tertiary alicyclic amines) is 1. The van der Waals surface area contributed by atoms with Gasteiger partial charge in [-0.25, -0.2) is 4.98 Å². The molecule has 1 amide bonds. The van der Waals surface area contributed by atoms with E-state index in [4.69, 9.17) is 14.2 Å². The second-order valence-electron chi connectivity index (χ2n) is 8.10. The number of anilines is 2. The van der Waals surface area contributed by atoms with Gasteiger partial charge in [0, 0.05) is 18.3 Å². The summed E-state index contributed by atoms with van der Waals surface area (Å²) in [7, 11) is 0. The predicted octanol–water partition coefficient (Wildman–Crippen LogP) is 4.04. The molecule has 1 atom stereocenters. The number of fused-ring (bicyclic) bond motifs is 1. The Morgan fingerprint density at radius 1 is 1.15 bits per heavy atom. The van der Waals surface area contributed by atoms with Gasteiger partial charge in [-0.15, -0.1) is 0 Å². The highest BCUT2D eigenvalue weighted by molar-refractivity contribution is 5.78.